The first-order valence-electron chi connectivity index (χ1n) is 8.01. The van der Waals surface area contributed by atoms with Gasteiger partial charge in [0.2, 0.25) is 0 Å². The van der Waals surface area contributed by atoms with Crippen molar-refractivity contribution in [3.8, 4) is 0 Å². The Morgan fingerprint density at radius 2 is 2.14 bits per heavy atom. The van der Waals surface area contributed by atoms with E-state index in [0.717, 1.165) is 37.9 Å². The molecule has 6 heteroatoms. The molecule has 2 heterocycles. The Bertz CT molecular complexity index is 414. The van der Waals surface area contributed by atoms with Gasteiger partial charge >= 0.3 is 0 Å². The molecule has 0 unspecified atom stereocenters. The summed E-state index contributed by atoms with van der Waals surface area (Å²) < 4.78 is 0. The average Bonchev–Trinajstić information content (AvgIpc) is 3.00. The van der Waals surface area contributed by atoms with Crippen LogP contribution in [0, 0.1) is 5.92 Å². The van der Waals surface area contributed by atoms with E-state index in [9.17, 15) is 0 Å². The molecule has 1 aromatic rings. The number of hydrogen-bond donors (Lipinski definition) is 2. The van der Waals surface area contributed by atoms with Gasteiger partial charge in [-0.3, -0.25) is 4.99 Å². The minimum absolute atomic E-state index is 0. The molecule has 0 spiro atoms. The zero-order valence-corrected chi connectivity index (χ0v) is 16.8. The van der Waals surface area contributed by atoms with Crippen LogP contribution in [-0.2, 0) is 6.42 Å². The van der Waals surface area contributed by atoms with Crippen LogP contribution in [0.25, 0.3) is 0 Å². The lowest BCUT2D eigenvalue weighted by molar-refractivity contribution is 0.223. The van der Waals surface area contributed by atoms with Gasteiger partial charge in [0, 0.05) is 24.5 Å². The molecule has 2 N–H and O–H groups in total. The second kappa shape index (κ2) is 11.2. The van der Waals surface area contributed by atoms with E-state index in [2.05, 4.69) is 47.0 Å². The first-order valence-corrected chi connectivity index (χ1v) is 8.89. The second-order valence-corrected chi connectivity index (χ2v) is 6.75. The number of thiophene rings is 1. The first kappa shape index (κ1) is 19.7. The maximum atomic E-state index is 4.76. The molecule has 1 saturated heterocycles. The number of hydrogen-bond acceptors (Lipinski definition) is 3. The molecule has 0 saturated carbocycles. The number of rotatable bonds is 6. The number of aliphatic imine (C=N–C) groups is 1. The molecule has 2 rings (SSSR count). The monoisotopic (exact) mass is 436 g/mol. The van der Waals surface area contributed by atoms with Crippen molar-refractivity contribution in [2.45, 2.75) is 26.2 Å². The van der Waals surface area contributed by atoms with Gasteiger partial charge in [-0.1, -0.05) is 6.07 Å². The van der Waals surface area contributed by atoms with Crippen LogP contribution in [0.4, 0.5) is 0 Å². The van der Waals surface area contributed by atoms with Crippen molar-refractivity contribution in [3.05, 3.63) is 22.4 Å². The molecule has 22 heavy (non-hydrogen) atoms. The number of guanidine groups is 1. The molecule has 0 amide bonds. The van der Waals surface area contributed by atoms with Crippen molar-refractivity contribution in [3.63, 3.8) is 0 Å². The molecule has 0 radical (unpaired) electrons. The van der Waals surface area contributed by atoms with E-state index in [1.165, 1.54) is 30.8 Å². The van der Waals surface area contributed by atoms with Crippen molar-refractivity contribution in [2.24, 2.45) is 10.9 Å². The third-order valence-electron chi connectivity index (χ3n) is 3.93. The minimum atomic E-state index is 0. The smallest absolute Gasteiger partial charge is 0.191 e. The first-order chi connectivity index (χ1) is 10.3. The molecule has 0 atom stereocenters. The lowest BCUT2D eigenvalue weighted by Gasteiger charge is -2.28. The summed E-state index contributed by atoms with van der Waals surface area (Å²) in [5.41, 5.74) is 0. The maximum absolute atomic E-state index is 4.76. The van der Waals surface area contributed by atoms with E-state index in [1.807, 2.05) is 11.3 Å². The van der Waals surface area contributed by atoms with E-state index in [0.29, 0.717) is 0 Å². The highest BCUT2D eigenvalue weighted by atomic mass is 127. The van der Waals surface area contributed by atoms with Gasteiger partial charge in [0.25, 0.3) is 0 Å². The molecule has 1 aliphatic heterocycles. The third-order valence-corrected chi connectivity index (χ3v) is 4.87. The quantitative estimate of drug-likeness (QED) is 0.409. The SMILES string of the molecule is CCNC(=NCC1CCN(C)CC1)NCCc1cccs1.I. The van der Waals surface area contributed by atoms with Crippen LogP contribution in [0.15, 0.2) is 22.5 Å². The van der Waals surface area contributed by atoms with Gasteiger partial charge in [0.1, 0.15) is 0 Å². The van der Waals surface area contributed by atoms with Crippen molar-refractivity contribution in [1.82, 2.24) is 15.5 Å². The normalized spacial score (nSPS) is 17.1. The molecule has 0 aromatic carbocycles. The van der Waals surface area contributed by atoms with Crippen LogP contribution in [0.5, 0.6) is 0 Å². The lowest BCUT2D eigenvalue weighted by atomic mass is 9.97. The molecular weight excluding hydrogens is 407 g/mol. The van der Waals surface area contributed by atoms with Gasteiger partial charge in [-0.15, -0.1) is 35.3 Å². The second-order valence-electron chi connectivity index (χ2n) is 5.72. The number of likely N-dealkylation sites (tertiary alicyclic amines) is 1. The molecule has 126 valence electrons. The third kappa shape index (κ3) is 7.28. The van der Waals surface area contributed by atoms with Gasteiger partial charge in [-0.2, -0.15) is 0 Å². The van der Waals surface area contributed by atoms with Crippen LogP contribution in [0.2, 0.25) is 0 Å². The molecule has 0 bridgehead atoms. The number of nitrogens with one attached hydrogen (secondary N) is 2. The van der Waals surface area contributed by atoms with Gasteiger partial charge < -0.3 is 15.5 Å². The highest BCUT2D eigenvalue weighted by molar-refractivity contribution is 14.0. The van der Waals surface area contributed by atoms with E-state index < -0.39 is 0 Å². The summed E-state index contributed by atoms with van der Waals surface area (Å²) in [4.78, 5) is 8.59. The zero-order valence-electron chi connectivity index (χ0n) is 13.7. The van der Waals surface area contributed by atoms with Crippen LogP contribution in [0.1, 0.15) is 24.6 Å². The average molecular weight is 436 g/mol. The van der Waals surface area contributed by atoms with Crippen LogP contribution in [-0.4, -0.2) is 50.6 Å². The van der Waals surface area contributed by atoms with E-state index >= 15 is 0 Å². The minimum Gasteiger partial charge on any atom is -0.357 e. The van der Waals surface area contributed by atoms with Gasteiger partial charge in [-0.05, 0) is 63.7 Å². The molecule has 1 aliphatic rings. The van der Waals surface area contributed by atoms with Crippen LogP contribution in [0.3, 0.4) is 0 Å². The summed E-state index contributed by atoms with van der Waals surface area (Å²) in [5.74, 6) is 1.71. The van der Waals surface area contributed by atoms with Gasteiger partial charge in [0.05, 0.1) is 0 Å². The zero-order chi connectivity index (χ0) is 14.9. The fraction of sp³-hybridized carbons (Fsp3) is 0.688. The molecule has 1 fully saturated rings. The maximum Gasteiger partial charge on any atom is 0.191 e. The Morgan fingerprint density at radius 1 is 1.36 bits per heavy atom. The summed E-state index contributed by atoms with van der Waals surface area (Å²) in [5, 5.41) is 8.92. The molecule has 4 nitrogen and oxygen atoms in total. The van der Waals surface area contributed by atoms with Gasteiger partial charge in [-0.25, -0.2) is 0 Å². The topological polar surface area (TPSA) is 39.7 Å². The standard InChI is InChI=1S/C16H28N4S.HI/c1-3-17-16(18-9-6-15-5-4-12-21-15)19-13-14-7-10-20(2)11-8-14;/h4-5,12,14H,3,6-11,13H2,1-2H3,(H2,17,18,19);1H. The molecule has 0 aliphatic carbocycles. The highest BCUT2D eigenvalue weighted by Crippen LogP contribution is 2.15. The summed E-state index contributed by atoms with van der Waals surface area (Å²) in [6.07, 6.45) is 3.61. The van der Waals surface area contributed by atoms with Crippen molar-refractivity contribution in [2.75, 3.05) is 39.8 Å². The number of piperidine rings is 1. The Morgan fingerprint density at radius 3 is 2.77 bits per heavy atom. The highest BCUT2D eigenvalue weighted by Gasteiger charge is 2.16. The predicted molar refractivity (Wildman–Crippen MR) is 108 cm³/mol. The van der Waals surface area contributed by atoms with Crippen molar-refractivity contribution in [1.29, 1.82) is 0 Å². The summed E-state index contributed by atoms with van der Waals surface area (Å²) in [7, 11) is 2.20. The predicted octanol–water partition coefficient (Wildman–Crippen LogP) is 2.81. The number of nitrogens with zero attached hydrogens (tertiary/aromatic N) is 2. The van der Waals surface area contributed by atoms with E-state index in [1.54, 1.807) is 0 Å². The van der Waals surface area contributed by atoms with Crippen molar-refractivity contribution >= 4 is 41.3 Å². The molecule has 1 aromatic heterocycles. The Hall–Kier alpha value is -0.340. The fourth-order valence-electron chi connectivity index (χ4n) is 2.57. The summed E-state index contributed by atoms with van der Waals surface area (Å²) in [6, 6.07) is 4.30. The largest absolute Gasteiger partial charge is 0.357 e. The van der Waals surface area contributed by atoms with Gasteiger partial charge in [0.15, 0.2) is 5.96 Å². The Kier molecular flexibility index (Phi) is 10.1. The summed E-state index contributed by atoms with van der Waals surface area (Å²) in [6.45, 7) is 7.34. The lowest BCUT2D eigenvalue weighted by Crippen LogP contribution is -2.39. The van der Waals surface area contributed by atoms with Crippen LogP contribution >= 0.6 is 35.3 Å². The molecular formula is C16H29IN4S. The van der Waals surface area contributed by atoms with Crippen molar-refractivity contribution < 1.29 is 0 Å². The van der Waals surface area contributed by atoms with E-state index in [-0.39, 0.29) is 24.0 Å². The summed E-state index contributed by atoms with van der Waals surface area (Å²) >= 11 is 1.82. The fourth-order valence-corrected chi connectivity index (χ4v) is 3.27. The van der Waals surface area contributed by atoms with Crippen LogP contribution < -0.4 is 10.6 Å². The Balaban J connectivity index is 0.00000242. The number of halogens is 1. The Labute approximate surface area is 155 Å². The van der Waals surface area contributed by atoms with E-state index in [4.69, 9.17) is 4.99 Å².